The van der Waals surface area contributed by atoms with Crippen LogP contribution in [0.3, 0.4) is 0 Å². The van der Waals surface area contributed by atoms with Crippen LogP contribution in [-0.4, -0.2) is 25.6 Å². The minimum absolute atomic E-state index is 0.547. The van der Waals surface area contributed by atoms with E-state index >= 15 is 0 Å². The molecule has 0 atom stereocenters. The molecule has 0 bridgehead atoms. The summed E-state index contributed by atoms with van der Waals surface area (Å²) in [4.78, 5) is 4.10. The average molecular weight is 124 g/mol. The highest BCUT2D eigenvalue weighted by Gasteiger charge is 2.23. The molecule has 1 fully saturated rings. The van der Waals surface area contributed by atoms with Gasteiger partial charge in [-0.2, -0.15) is 5.11 Å². The van der Waals surface area contributed by atoms with Crippen molar-refractivity contribution in [1.82, 2.24) is 5.32 Å². The molecule has 0 unspecified atom stereocenters. The molecule has 0 radical (unpaired) electrons. The highest BCUT2D eigenvalue weighted by Crippen LogP contribution is 2.10. The van der Waals surface area contributed by atoms with Crippen LogP contribution in [0.5, 0.6) is 0 Å². The SMILES string of the molecule is C1N=NC(C2CNC2)=N1. The molecule has 0 aromatic rings. The first kappa shape index (κ1) is 5.05. The summed E-state index contributed by atoms with van der Waals surface area (Å²) in [6.45, 7) is 2.60. The fourth-order valence-corrected chi connectivity index (χ4v) is 0.922. The second kappa shape index (κ2) is 1.88. The summed E-state index contributed by atoms with van der Waals surface area (Å²) in [6, 6.07) is 0. The summed E-state index contributed by atoms with van der Waals surface area (Å²) in [5, 5.41) is 10.8. The van der Waals surface area contributed by atoms with E-state index in [0.29, 0.717) is 12.6 Å². The summed E-state index contributed by atoms with van der Waals surface area (Å²) in [7, 11) is 0. The molecule has 0 aliphatic carbocycles. The molecular weight excluding hydrogens is 116 g/mol. The van der Waals surface area contributed by atoms with E-state index in [9.17, 15) is 0 Å². The maximum absolute atomic E-state index is 4.10. The van der Waals surface area contributed by atoms with Crippen molar-refractivity contribution in [2.24, 2.45) is 21.1 Å². The molecule has 4 heteroatoms. The number of hydrogen-bond acceptors (Lipinski definition) is 4. The van der Waals surface area contributed by atoms with Gasteiger partial charge in [-0.3, -0.25) is 0 Å². The number of azo groups is 1. The van der Waals surface area contributed by atoms with Crippen molar-refractivity contribution >= 4 is 5.84 Å². The lowest BCUT2D eigenvalue weighted by Gasteiger charge is -2.24. The molecule has 2 rings (SSSR count). The monoisotopic (exact) mass is 124 g/mol. The maximum Gasteiger partial charge on any atom is 0.153 e. The first-order valence-electron chi connectivity index (χ1n) is 3.09. The van der Waals surface area contributed by atoms with Crippen molar-refractivity contribution in [1.29, 1.82) is 0 Å². The molecular formula is C5H8N4. The molecule has 48 valence electrons. The Morgan fingerprint density at radius 2 is 2.33 bits per heavy atom. The van der Waals surface area contributed by atoms with Crippen molar-refractivity contribution in [2.45, 2.75) is 0 Å². The van der Waals surface area contributed by atoms with Gasteiger partial charge in [-0.25, -0.2) is 4.99 Å². The van der Waals surface area contributed by atoms with Gasteiger partial charge in [0, 0.05) is 19.0 Å². The van der Waals surface area contributed by atoms with Gasteiger partial charge in [0.15, 0.2) is 12.5 Å². The van der Waals surface area contributed by atoms with E-state index in [1.807, 2.05) is 0 Å². The third-order valence-corrected chi connectivity index (χ3v) is 1.62. The molecule has 0 amide bonds. The van der Waals surface area contributed by atoms with E-state index in [-0.39, 0.29) is 0 Å². The van der Waals surface area contributed by atoms with Crippen molar-refractivity contribution in [3.8, 4) is 0 Å². The number of aliphatic imine (C=N–C) groups is 1. The van der Waals surface area contributed by atoms with Crippen LogP contribution in [0, 0.1) is 5.92 Å². The highest BCUT2D eigenvalue weighted by molar-refractivity contribution is 5.86. The number of nitrogens with one attached hydrogen (secondary N) is 1. The van der Waals surface area contributed by atoms with Crippen molar-refractivity contribution < 1.29 is 0 Å². The topological polar surface area (TPSA) is 49.1 Å². The summed E-state index contributed by atoms with van der Waals surface area (Å²) >= 11 is 0. The van der Waals surface area contributed by atoms with Gasteiger partial charge in [0.05, 0.1) is 0 Å². The van der Waals surface area contributed by atoms with Gasteiger partial charge < -0.3 is 5.32 Å². The molecule has 4 nitrogen and oxygen atoms in total. The Bertz CT molecular complexity index is 168. The Labute approximate surface area is 53.1 Å². The predicted octanol–water partition coefficient (Wildman–Crippen LogP) is 0.0276. The standard InChI is InChI=1S/C5H8N4/c1-4(2-6-1)5-7-3-8-9-5/h4,6H,1-3H2. The summed E-state index contributed by atoms with van der Waals surface area (Å²) in [5.74, 6) is 1.49. The van der Waals surface area contributed by atoms with Gasteiger partial charge in [0.2, 0.25) is 0 Å². The molecule has 2 heterocycles. The van der Waals surface area contributed by atoms with E-state index in [4.69, 9.17) is 0 Å². The molecule has 0 aromatic carbocycles. The van der Waals surface area contributed by atoms with Crippen LogP contribution in [-0.2, 0) is 0 Å². The second-order valence-corrected chi connectivity index (χ2v) is 2.25. The van der Waals surface area contributed by atoms with Gasteiger partial charge in [-0.05, 0) is 0 Å². The van der Waals surface area contributed by atoms with E-state index in [1.165, 1.54) is 0 Å². The van der Waals surface area contributed by atoms with Gasteiger partial charge in [0.25, 0.3) is 0 Å². The van der Waals surface area contributed by atoms with Crippen molar-refractivity contribution in [3.63, 3.8) is 0 Å². The molecule has 1 N–H and O–H groups in total. The minimum atomic E-state index is 0.547. The van der Waals surface area contributed by atoms with Crippen LogP contribution in [0.2, 0.25) is 0 Å². The van der Waals surface area contributed by atoms with Crippen LogP contribution < -0.4 is 5.32 Å². The highest BCUT2D eigenvalue weighted by atomic mass is 15.3. The van der Waals surface area contributed by atoms with Crippen LogP contribution >= 0.6 is 0 Å². The Kier molecular flexibility index (Phi) is 1.05. The summed E-state index contributed by atoms with van der Waals surface area (Å²) < 4.78 is 0. The van der Waals surface area contributed by atoms with Crippen molar-refractivity contribution in [3.05, 3.63) is 0 Å². The Morgan fingerprint density at radius 1 is 1.44 bits per heavy atom. The van der Waals surface area contributed by atoms with Gasteiger partial charge >= 0.3 is 0 Å². The van der Waals surface area contributed by atoms with Gasteiger partial charge in [-0.15, -0.1) is 5.11 Å². The Hall–Kier alpha value is -0.770. The third-order valence-electron chi connectivity index (χ3n) is 1.62. The first-order valence-corrected chi connectivity index (χ1v) is 3.09. The Morgan fingerprint density at radius 3 is 2.78 bits per heavy atom. The predicted molar refractivity (Wildman–Crippen MR) is 33.5 cm³/mol. The summed E-state index contributed by atoms with van der Waals surface area (Å²) in [6.07, 6.45) is 0. The average Bonchev–Trinajstić information content (AvgIpc) is 2.11. The zero-order valence-corrected chi connectivity index (χ0v) is 5.04. The van der Waals surface area contributed by atoms with E-state index in [2.05, 4.69) is 20.5 Å². The van der Waals surface area contributed by atoms with Gasteiger partial charge in [-0.1, -0.05) is 0 Å². The van der Waals surface area contributed by atoms with E-state index < -0.39 is 0 Å². The smallest absolute Gasteiger partial charge is 0.153 e. The largest absolute Gasteiger partial charge is 0.315 e. The molecule has 0 spiro atoms. The normalized spacial score (nSPS) is 26.0. The number of amidine groups is 1. The fourth-order valence-electron chi connectivity index (χ4n) is 0.922. The lowest BCUT2D eigenvalue weighted by Crippen LogP contribution is -2.45. The van der Waals surface area contributed by atoms with E-state index in [0.717, 1.165) is 18.9 Å². The molecule has 2 aliphatic rings. The van der Waals surface area contributed by atoms with Gasteiger partial charge in [0.1, 0.15) is 0 Å². The lowest BCUT2D eigenvalue weighted by molar-refractivity contribution is 0.441. The molecule has 1 saturated heterocycles. The van der Waals surface area contributed by atoms with E-state index in [1.54, 1.807) is 0 Å². The molecule has 2 aliphatic heterocycles. The van der Waals surface area contributed by atoms with Crippen molar-refractivity contribution in [2.75, 3.05) is 19.8 Å². The molecule has 9 heavy (non-hydrogen) atoms. The lowest BCUT2D eigenvalue weighted by atomic mass is 10.0. The number of nitrogens with zero attached hydrogens (tertiary/aromatic N) is 3. The number of hydrogen-bond donors (Lipinski definition) is 1. The van der Waals surface area contributed by atoms with Crippen LogP contribution in [0.4, 0.5) is 0 Å². The molecule has 0 aromatic heterocycles. The maximum atomic E-state index is 4.10. The zero-order valence-electron chi connectivity index (χ0n) is 5.04. The zero-order chi connectivity index (χ0) is 6.10. The quantitative estimate of drug-likeness (QED) is 0.526. The first-order chi connectivity index (χ1) is 4.47. The fraction of sp³-hybridized carbons (Fsp3) is 0.800. The van der Waals surface area contributed by atoms with Crippen LogP contribution in [0.15, 0.2) is 15.2 Å². The third kappa shape index (κ3) is 0.751. The van der Waals surface area contributed by atoms with Crippen LogP contribution in [0.1, 0.15) is 0 Å². The Balaban J connectivity index is 2.03. The second-order valence-electron chi connectivity index (χ2n) is 2.25. The number of rotatable bonds is 1. The minimum Gasteiger partial charge on any atom is -0.315 e. The van der Waals surface area contributed by atoms with Crippen LogP contribution in [0.25, 0.3) is 0 Å². The molecule has 0 saturated carbocycles. The summed E-state index contributed by atoms with van der Waals surface area (Å²) in [5.41, 5.74) is 0.